The molecule has 1 saturated carbocycles. The molecule has 1 heterocycles. The Balaban J connectivity index is 1.74. The highest BCUT2D eigenvalue weighted by molar-refractivity contribution is 7.53. The maximum Gasteiger partial charge on any atom is 0.465 e. The van der Waals surface area contributed by atoms with Crippen molar-refractivity contribution in [3.05, 3.63) is 30.3 Å². The molecule has 1 aliphatic heterocycles. The van der Waals surface area contributed by atoms with Crippen LogP contribution in [0.4, 0.5) is 0 Å². The minimum atomic E-state index is -1.43. The van der Waals surface area contributed by atoms with Crippen molar-refractivity contribution in [2.75, 3.05) is 6.16 Å². The molecule has 0 N–H and O–H groups in total. The molecule has 3 nitrogen and oxygen atoms in total. The molecule has 0 amide bonds. The van der Waals surface area contributed by atoms with Crippen molar-refractivity contribution in [2.45, 2.75) is 83.2 Å². The Labute approximate surface area is 160 Å². The van der Waals surface area contributed by atoms with Crippen molar-refractivity contribution < 1.29 is 13.9 Å². The lowest BCUT2D eigenvalue weighted by Crippen LogP contribution is -2.41. The van der Waals surface area contributed by atoms with Crippen LogP contribution in [0.25, 0.3) is 0 Å². The van der Waals surface area contributed by atoms with Gasteiger partial charge in [-0.25, -0.2) is 0 Å². The van der Waals surface area contributed by atoms with Crippen LogP contribution in [-0.2, 0) is 13.9 Å². The fraction of sp³-hybridized carbons (Fsp3) is 0.714. The number of hydrogen-bond acceptors (Lipinski definition) is 3. The fourth-order valence-electron chi connectivity index (χ4n) is 4.12. The molecule has 1 aromatic rings. The van der Waals surface area contributed by atoms with Gasteiger partial charge in [-0.05, 0) is 52.2 Å². The maximum atomic E-state index is 13.0. The van der Waals surface area contributed by atoms with E-state index >= 15 is 0 Å². The third kappa shape index (κ3) is 4.58. The van der Waals surface area contributed by atoms with E-state index in [2.05, 4.69) is 27.7 Å². The predicted octanol–water partition coefficient (Wildman–Crippen LogP) is 5.57. The molecule has 5 heteroatoms. The average Bonchev–Trinajstić information content (AvgIpc) is 2.83. The molecule has 1 aromatic carbocycles. The smallest absolute Gasteiger partial charge is 0.403 e. The number of rotatable bonds is 6. The molecule has 0 radical (unpaired) electrons. The zero-order chi connectivity index (χ0) is 18.8. The second-order valence-electron chi connectivity index (χ2n) is 9.02. The Morgan fingerprint density at radius 2 is 1.62 bits per heavy atom. The van der Waals surface area contributed by atoms with Crippen LogP contribution >= 0.6 is 7.80 Å². The predicted molar refractivity (Wildman–Crippen MR) is 110 cm³/mol. The van der Waals surface area contributed by atoms with Gasteiger partial charge in [0.1, 0.15) is 0 Å². The largest absolute Gasteiger partial charge is 0.465 e. The minimum absolute atomic E-state index is 0.183. The molecule has 26 heavy (non-hydrogen) atoms. The third-order valence-corrected chi connectivity index (χ3v) is 8.14. The van der Waals surface area contributed by atoms with Gasteiger partial charge in [0.25, 0.3) is 0 Å². The van der Waals surface area contributed by atoms with E-state index in [1.54, 1.807) is 0 Å². The Morgan fingerprint density at radius 1 is 1.04 bits per heavy atom. The highest BCUT2D eigenvalue weighted by atomic mass is 31.1. The summed E-state index contributed by atoms with van der Waals surface area (Å²) >= 11 is 0. The van der Waals surface area contributed by atoms with E-state index in [0.717, 1.165) is 11.7 Å². The van der Waals surface area contributed by atoms with Gasteiger partial charge < -0.3 is 9.31 Å². The summed E-state index contributed by atoms with van der Waals surface area (Å²) in [4.78, 5) is 0. The van der Waals surface area contributed by atoms with Crippen LogP contribution in [0.15, 0.2) is 30.3 Å². The third-order valence-electron chi connectivity index (χ3n) is 6.46. The monoisotopic (exact) mass is 375 g/mol. The lowest BCUT2D eigenvalue weighted by atomic mass is 9.67. The molecule has 2 fully saturated rings. The van der Waals surface area contributed by atoms with Gasteiger partial charge in [0.2, 0.25) is 0 Å². The molecule has 1 aliphatic carbocycles. The Morgan fingerprint density at radius 3 is 2.19 bits per heavy atom. The quantitative estimate of drug-likeness (QED) is 0.482. The summed E-state index contributed by atoms with van der Waals surface area (Å²) in [5.41, 5.74) is -0.665. The molecule has 1 unspecified atom stereocenters. The van der Waals surface area contributed by atoms with Crippen LogP contribution in [0.2, 0.25) is 5.82 Å². The summed E-state index contributed by atoms with van der Waals surface area (Å²) in [5.74, 6) is 0.898. The highest BCUT2D eigenvalue weighted by Crippen LogP contribution is 2.45. The lowest BCUT2D eigenvalue weighted by molar-refractivity contribution is 0.00578. The van der Waals surface area contributed by atoms with Crippen molar-refractivity contribution in [1.82, 2.24) is 0 Å². The molecule has 1 saturated heterocycles. The maximum absolute atomic E-state index is 13.0. The number of benzene rings is 1. The Bertz CT molecular complexity index is 595. The van der Waals surface area contributed by atoms with E-state index in [-0.39, 0.29) is 24.1 Å². The van der Waals surface area contributed by atoms with E-state index in [4.69, 9.17) is 9.31 Å². The fourth-order valence-corrected chi connectivity index (χ4v) is 5.58. The Kier molecular flexibility index (Phi) is 6.27. The summed E-state index contributed by atoms with van der Waals surface area (Å²) in [6.07, 6.45) is 8.29. The summed E-state index contributed by atoms with van der Waals surface area (Å²) in [6.45, 7) is 8.40. The van der Waals surface area contributed by atoms with E-state index in [9.17, 15) is 4.57 Å². The summed E-state index contributed by atoms with van der Waals surface area (Å²) < 4.78 is 25.7. The van der Waals surface area contributed by atoms with Crippen LogP contribution in [-0.4, -0.2) is 24.5 Å². The van der Waals surface area contributed by atoms with Crippen molar-refractivity contribution in [3.8, 4) is 0 Å². The highest BCUT2D eigenvalue weighted by Gasteiger charge is 2.55. The van der Waals surface area contributed by atoms with Crippen LogP contribution in [0.5, 0.6) is 0 Å². The zero-order valence-corrected chi connectivity index (χ0v) is 17.6. The van der Waals surface area contributed by atoms with Crippen LogP contribution in [0.1, 0.15) is 66.2 Å². The lowest BCUT2D eigenvalue weighted by Gasteiger charge is -2.32. The minimum Gasteiger partial charge on any atom is -0.403 e. The topological polar surface area (TPSA) is 35.5 Å². The summed E-state index contributed by atoms with van der Waals surface area (Å²) in [6, 6.07) is 9.85. The molecule has 3 rings (SSSR count). The van der Waals surface area contributed by atoms with Gasteiger partial charge in [-0.15, -0.1) is 0 Å². The van der Waals surface area contributed by atoms with Gasteiger partial charge in [-0.3, -0.25) is 0 Å². The summed E-state index contributed by atoms with van der Waals surface area (Å²) in [7, 11) is -1.69. The van der Waals surface area contributed by atoms with E-state index in [1.165, 1.54) is 32.1 Å². The molecule has 2 atom stereocenters. The molecular weight excluding hydrogens is 342 g/mol. The van der Waals surface area contributed by atoms with E-state index < -0.39 is 7.80 Å². The molecular formula is C21H33BO3P+. The second kappa shape index (κ2) is 8.13. The van der Waals surface area contributed by atoms with Gasteiger partial charge in [0.05, 0.1) is 11.2 Å². The molecule has 2 aliphatic rings. The van der Waals surface area contributed by atoms with Crippen LogP contribution in [0, 0.1) is 5.92 Å². The number of hydrogen-bond donors (Lipinski definition) is 0. The first kappa shape index (κ1) is 20.0. The SMILES string of the molecule is CC1(C)OB([C@H](CC2CCCCC2)C[P+](=O)c2ccccc2)OC1(C)C. The standard InChI is InChI=1S/C21H33BO3P/c1-20(2)21(3,4)25-22(24-20)18(15-17-11-7-5-8-12-17)16-26(23)19-13-9-6-10-14-19/h6,9-10,13-14,17-18H,5,7-8,11-12,15-16H2,1-4H3/q+1/t18-/m1/s1. The van der Waals surface area contributed by atoms with Crippen molar-refractivity contribution in [1.29, 1.82) is 0 Å². The Hall–Kier alpha value is -0.695. The second-order valence-corrected chi connectivity index (χ2v) is 10.7. The first-order chi connectivity index (χ1) is 12.3. The first-order valence-corrected chi connectivity index (χ1v) is 11.6. The van der Waals surface area contributed by atoms with Gasteiger partial charge >= 0.3 is 14.9 Å². The average molecular weight is 375 g/mol. The normalized spacial score (nSPS) is 24.5. The van der Waals surface area contributed by atoms with Crippen molar-refractivity contribution in [3.63, 3.8) is 0 Å². The molecule has 0 bridgehead atoms. The summed E-state index contributed by atoms with van der Waals surface area (Å²) in [5, 5.41) is 0.938. The first-order valence-electron chi connectivity index (χ1n) is 10.1. The van der Waals surface area contributed by atoms with Crippen molar-refractivity contribution in [2.24, 2.45) is 5.92 Å². The molecule has 0 aromatic heterocycles. The van der Waals surface area contributed by atoms with Gasteiger partial charge in [-0.1, -0.05) is 54.9 Å². The zero-order valence-electron chi connectivity index (χ0n) is 16.7. The van der Waals surface area contributed by atoms with Crippen LogP contribution in [0.3, 0.4) is 0 Å². The van der Waals surface area contributed by atoms with Gasteiger partial charge in [-0.2, -0.15) is 0 Å². The van der Waals surface area contributed by atoms with Gasteiger partial charge in [0, 0.05) is 5.82 Å². The van der Waals surface area contributed by atoms with Crippen LogP contribution < -0.4 is 5.30 Å². The van der Waals surface area contributed by atoms with Gasteiger partial charge in [0.15, 0.2) is 11.5 Å². The molecule has 142 valence electrons. The van der Waals surface area contributed by atoms with E-state index in [1.807, 2.05) is 30.3 Å². The van der Waals surface area contributed by atoms with Crippen molar-refractivity contribution >= 4 is 20.2 Å². The van der Waals surface area contributed by atoms with E-state index in [0.29, 0.717) is 12.1 Å². The molecule has 0 spiro atoms.